The van der Waals surface area contributed by atoms with Crippen molar-refractivity contribution in [3.8, 4) is 5.69 Å². The van der Waals surface area contributed by atoms with Gasteiger partial charge in [-0.05, 0) is 31.4 Å². The maximum atomic E-state index is 12.1. The summed E-state index contributed by atoms with van der Waals surface area (Å²) in [5.74, 6) is 0.00375. The molecule has 1 aromatic heterocycles. The second-order valence-electron chi connectivity index (χ2n) is 6.38. The van der Waals surface area contributed by atoms with Gasteiger partial charge in [0.1, 0.15) is 6.04 Å². The Balaban J connectivity index is 1.59. The first-order valence-corrected chi connectivity index (χ1v) is 8.47. The van der Waals surface area contributed by atoms with E-state index in [1.807, 2.05) is 50.4 Å². The monoisotopic (exact) mass is 341 g/mol. The van der Waals surface area contributed by atoms with Crippen LogP contribution in [0.3, 0.4) is 0 Å². The maximum absolute atomic E-state index is 12.1. The van der Waals surface area contributed by atoms with Crippen LogP contribution in [0.5, 0.6) is 0 Å². The number of hydrogen-bond donors (Lipinski definition) is 3. The molecule has 1 saturated heterocycles. The van der Waals surface area contributed by atoms with Crippen molar-refractivity contribution < 1.29 is 9.59 Å². The average Bonchev–Trinajstić information content (AvgIpc) is 2.98. The van der Waals surface area contributed by atoms with E-state index in [9.17, 15) is 9.59 Å². The summed E-state index contributed by atoms with van der Waals surface area (Å²) in [6, 6.07) is 8.97. The smallest absolute Gasteiger partial charge is 0.315 e. The SMILES string of the molecule is Cc1nn(-c2ccccc2)cc1CNC(=O)N[C@H]1C(=O)NCC[C@H]1C. The van der Waals surface area contributed by atoms with Crippen molar-refractivity contribution in [1.82, 2.24) is 25.7 Å². The van der Waals surface area contributed by atoms with E-state index in [1.165, 1.54) is 0 Å². The highest BCUT2D eigenvalue weighted by atomic mass is 16.2. The zero-order valence-electron chi connectivity index (χ0n) is 14.5. The van der Waals surface area contributed by atoms with E-state index in [0.717, 1.165) is 23.4 Å². The molecule has 7 heteroatoms. The van der Waals surface area contributed by atoms with Crippen molar-refractivity contribution in [2.75, 3.05) is 6.54 Å². The number of nitrogens with zero attached hydrogens (tertiary/aromatic N) is 2. The van der Waals surface area contributed by atoms with Crippen LogP contribution in [0.2, 0.25) is 0 Å². The number of nitrogens with one attached hydrogen (secondary N) is 3. The lowest BCUT2D eigenvalue weighted by molar-refractivity contribution is -0.125. The van der Waals surface area contributed by atoms with Crippen molar-refractivity contribution in [2.24, 2.45) is 5.92 Å². The van der Waals surface area contributed by atoms with Crippen LogP contribution in [0.1, 0.15) is 24.6 Å². The summed E-state index contributed by atoms with van der Waals surface area (Å²) in [5.41, 5.74) is 2.75. The zero-order valence-corrected chi connectivity index (χ0v) is 14.5. The summed E-state index contributed by atoms with van der Waals surface area (Å²) in [4.78, 5) is 24.0. The molecule has 0 radical (unpaired) electrons. The molecule has 1 aliphatic rings. The van der Waals surface area contributed by atoms with Crippen LogP contribution in [-0.2, 0) is 11.3 Å². The minimum atomic E-state index is -0.484. The van der Waals surface area contributed by atoms with Crippen LogP contribution in [0, 0.1) is 12.8 Å². The molecule has 132 valence electrons. The van der Waals surface area contributed by atoms with Crippen molar-refractivity contribution in [1.29, 1.82) is 0 Å². The van der Waals surface area contributed by atoms with Gasteiger partial charge in [-0.3, -0.25) is 4.79 Å². The van der Waals surface area contributed by atoms with E-state index in [4.69, 9.17) is 0 Å². The molecule has 1 fully saturated rings. The van der Waals surface area contributed by atoms with Gasteiger partial charge in [0.25, 0.3) is 0 Å². The Kier molecular flexibility index (Phi) is 5.02. The number of urea groups is 1. The molecule has 2 aromatic rings. The predicted octanol–water partition coefficient (Wildman–Crippen LogP) is 1.50. The Morgan fingerprint density at radius 1 is 1.36 bits per heavy atom. The van der Waals surface area contributed by atoms with Crippen LogP contribution in [0.4, 0.5) is 4.79 Å². The highest BCUT2D eigenvalue weighted by molar-refractivity contribution is 5.87. The fourth-order valence-corrected chi connectivity index (χ4v) is 2.92. The van der Waals surface area contributed by atoms with Gasteiger partial charge in [0.05, 0.1) is 11.4 Å². The third-order valence-electron chi connectivity index (χ3n) is 4.50. The number of piperidine rings is 1. The fourth-order valence-electron chi connectivity index (χ4n) is 2.92. The second-order valence-corrected chi connectivity index (χ2v) is 6.38. The lowest BCUT2D eigenvalue weighted by Gasteiger charge is -2.28. The highest BCUT2D eigenvalue weighted by Crippen LogP contribution is 2.13. The number of rotatable bonds is 4. The third kappa shape index (κ3) is 3.99. The molecule has 1 aliphatic heterocycles. The van der Waals surface area contributed by atoms with E-state index >= 15 is 0 Å². The number of para-hydroxylation sites is 1. The van der Waals surface area contributed by atoms with Crippen LogP contribution >= 0.6 is 0 Å². The molecule has 1 aromatic carbocycles. The number of benzene rings is 1. The van der Waals surface area contributed by atoms with Gasteiger partial charge < -0.3 is 16.0 Å². The molecule has 0 saturated carbocycles. The minimum absolute atomic E-state index is 0.123. The van der Waals surface area contributed by atoms with E-state index in [1.54, 1.807) is 4.68 Å². The molecule has 3 rings (SSSR count). The molecule has 0 bridgehead atoms. The molecule has 2 atom stereocenters. The van der Waals surface area contributed by atoms with E-state index in [-0.39, 0.29) is 17.9 Å². The molecule has 3 N–H and O–H groups in total. The van der Waals surface area contributed by atoms with E-state index in [2.05, 4.69) is 21.0 Å². The molecule has 7 nitrogen and oxygen atoms in total. The lowest BCUT2D eigenvalue weighted by Crippen LogP contribution is -2.56. The van der Waals surface area contributed by atoms with Crippen molar-refractivity contribution in [3.05, 3.63) is 47.8 Å². The van der Waals surface area contributed by atoms with Gasteiger partial charge in [0.2, 0.25) is 5.91 Å². The Hall–Kier alpha value is -2.83. The maximum Gasteiger partial charge on any atom is 0.315 e. The standard InChI is InChI=1S/C18H23N5O2/c1-12-8-9-19-17(24)16(12)21-18(25)20-10-14-11-23(22-13(14)2)15-6-4-3-5-7-15/h3-7,11-12,16H,8-10H2,1-2H3,(H,19,24)(H2,20,21,25)/t12-,16-/m1/s1. The van der Waals surface area contributed by atoms with Crippen LogP contribution in [0.15, 0.2) is 36.5 Å². The first-order chi connectivity index (χ1) is 12.0. The second kappa shape index (κ2) is 7.38. The highest BCUT2D eigenvalue weighted by Gasteiger charge is 2.29. The largest absolute Gasteiger partial charge is 0.354 e. The lowest BCUT2D eigenvalue weighted by atomic mass is 9.94. The summed E-state index contributed by atoms with van der Waals surface area (Å²) in [6.45, 7) is 4.90. The summed E-state index contributed by atoms with van der Waals surface area (Å²) in [5, 5.41) is 12.8. The van der Waals surface area contributed by atoms with Gasteiger partial charge in [-0.2, -0.15) is 5.10 Å². The van der Waals surface area contributed by atoms with Crippen LogP contribution in [0.25, 0.3) is 5.69 Å². The summed E-state index contributed by atoms with van der Waals surface area (Å²) in [7, 11) is 0. The van der Waals surface area contributed by atoms with Gasteiger partial charge in [0.15, 0.2) is 0 Å². The number of aryl methyl sites for hydroxylation is 1. The third-order valence-corrected chi connectivity index (χ3v) is 4.50. The van der Waals surface area contributed by atoms with Crippen molar-refractivity contribution >= 4 is 11.9 Å². The average molecular weight is 341 g/mol. The first kappa shape index (κ1) is 17.0. The van der Waals surface area contributed by atoms with E-state index in [0.29, 0.717) is 13.1 Å². The predicted molar refractivity (Wildman–Crippen MR) is 94.3 cm³/mol. The minimum Gasteiger partial charge on any atom is -0.354 e. The van der Waals surface area contributed by atoms with Gasteiger partial charge >= 0.3 is 6.03 Å². The number of hydrogen-bond acceptors (Lipinski definition) is 3. The molecule has 25 heavy (non-hydrogen) atoms. The molecule has 0 unspecified atom stereocenters. The normalized spacial score (nSPS) is 20.0. The summed E-state index contributed by atoms with van der Waals surface area (Å²) >= 11 is 0. The van der Waals surface area contributed by atoms with Crippen molar-refractivity contribution in [2.45, 2.75) is 32.9 Å². The number of carbonyl (C=O) groups is 2. The van der Waals surface area contributed by atoms with Gasteiger partial charge in [-0.25, -0.2) is 9.48 Å². The number of aromatic nitrogens is 2. The van der Waals surface area contributed by atoms with Gasteiger partial charge in [-0.1, -0.05) is 25.1 Å². The van der Waals surface area contributed by atoms with Gasteiger partial charge in [0, 0.05) is 24.8 Å². The molecule has 0 spiro atoms. The van der Waals surface area contributed by atoms with Crippen LogP contribution < -0.4 is 16.0 Å². The Bertz CT molecular complexity index is 756. The molecular formula is C18H23N5O2. The van der Waals surface area contributed by atoms with Crippen LogP contribution in [-0.4, -0.2) is 34.3 Å². The number of amides is 3. The zero-order chi connectivity index (χ0) is 17.8. The molecule has 3 amide bonds. The topological polar surface area (TPSA) is 88.1 Å². The number of carbonyl (C=O) groups excluding carboxylic acids is 2. The molecule has 0 aliphatic carbocycles. The fraction of sp³-hybridized carbons (Fsp3) is 0.389. The Morgan fingerprint density at radius 3 is 2.84 bits per heavy atom. The van der Waals surface area contributed by atoms with Gasteiger partial charge in [-0.15, -0.1) is 0 Å². The Labute approximate surface area is 146 Å². The van der Waals surface area contributed by atoms with Crippen molar-refractivity contribution in [3.63, 3.8) is 0 Å². The quantitative estimate of drug-likeness (QED) is 0.787. The Morgan fingerprint density at radius 2 is 2.12 bits per heavy atom. The van der Waals surface area contributed by atoms with E-state index < -0.39 is 6.04 Å². The molecule has 2 heterocycles. The summed E-state index contributed by atoms with van der Waals surface area (Å²) < 4.78 is 1.79. The molecular weight excluding hydrogens is 318 g/mol. The summed E-state index contributed by atoms with van der Waals surface area (Å²) in [6.07, 6.45) is 2.76. The first-order valence-electron chi connectivity index (χ1n) is 8.47.